The van der Waals surface area contributed by atoms with E-state index in [1.54, 1.807) is 10.6 Å². The molecule has 3 aromatic carbocycles. The largest absolute Gasteiger partial charge is 0.349 e. The second kappa shape index (κ2) is 9.38. The van der Waals surface area contributed by atoms with Gasteiger partial charge in [0, 0.05) is 0 Å². The van der Waals surface area contributed by atoms with Gasteiger partial charge in [-0.3, -0.25) is 14.0 Å². The zero-order valence-electron chi connectivity index (χ0n) is 19.7. The van der Waals surface area contributed by atoms with Crippen LogP contribution in [0.2, 0.25) is 0 Å². The molecule has 2 heterocycles. The van der Waals surface area contributed by atoms with E-state index in [1.165, 1.54) is 11.8 Å². The molecular formula is C27H25N5O2S. The number of nitrogens with one attached hydrogen (secondary N) is 1. The van der Waals surface area contributed by atoms with Crippen molar-refractivity contribution in [3.05, 3.63) is 99.8 Å². The van der Waals surface area contributed by atoms with Gasteiger partial charge in [-0.05, 0) is 50.1 Å². The van der Waals surface area contributed by atoms with E-state index in [2.05, 4.69) is 15.5 Å². The van der Waals surface area contributed by atoms with Crippen molar-refractivity contribution in [1.29, 1.82) is 0 Å². The molecule has 0 spiro atoms. The second-order valence-corrected chi connectivity index (χ2v) is 9.50. The van der Waals surface area contributed by atoms with Gasteiger partial charge in [-0.1, -0.05) is 71.9 Å². The Kier molecular flexibility index (Phi) is 6.13. The highest BCUT2D eigenvalue weighted by molar-refractivity contribution is 7.99. The standard InChI is InChI=1S/C27H25N5O2S/c1-17-13-14-22(18(2)15-17)31-25(34)21-11-7-8-12-23(21)32-26(31)29-30-27(32)35-16-24(33)28-19(3)20-9-5-4-6-10-20/h4-15,19H,16H2,1-3H3,(H,28,33). The Balaban J connectivity index is 1.52. The average molecular weight is 484 g/mol. The summed E-state index contributed by atoms with van der Waals surface area (Å²) < 4.78 is 3.46. The van der Waals surface area contributed by atoms with Crippen LogP contribution < -0.4 is 10.9 Å². The van der Waals surface area contributed by atoms with Gasteiger partial charge in [0.2, 0.25) is 11.7 Å². The summed E-state index contributed by atoms with van der Waals surface area (Å²) in [7, 11) is 0. The number of nitrogens with zero attached hydrogens (tertiary/aromatic N) is 4. The minimum atomic E-state index is -0.154. The molecule has 0 aliphatic heterocycles. The number of hydrogen-bond acceptors (Lipinski definition) is 5. The van der Waals surface area contributed by atoms with E-state index in [1.807, 2.05) is 91.9 Å². The minimum absolute atomic E-state index is 0.102. The van der Waals surface area contributed by atoms with Gasteiger partial charge < -0.3 is 5.32 Å². The van der Waals surface area contributed by atoms with E-state index in [0.29, 0.717) is 21.8 Å². The fourth-order valence-corrected chi connectivity index (χ4v) is 5.04. The summed E-state index contributed by atoms with van der Waals surface area (Å²) in [6.45, 7) is 5.95. The first-order valence-corrected chi connectivity index (χ1v) is 12.4. The normalized spacial score (nSPS) is 12.2. The molecule has 5 rings (SSSR count). The lowest BCUT2D eigenvalue weighted by molar-refractivity contribution is -0.119. The monoisotopic (exact) mass is 483 g/mol. The number of carbonyl (C=O) groups excluding carboxylic acids is 1. The summed E-state index contributed by atoms with van der Waals surface area (Å²) in [6.07, 6.45) is 0. The van der Waals surface area contributed by atoms with Crippen molar-refractivity contribution < 1.29 is 4.79 Å². The number of aryl methyl sites for hydroxylation is 2. The molecule has 176 valence electrons. The van der Waals surface area contributed by atoms with E-state index in [4.69, 9.17) is 0 Å². The number of rotatable bonds is 6. The van der Waals surface area contributed by atoms with E-state index >= 15 is 0 Å². The highest BCUT2D eigenvalue weighted by Crippen LogP contribution is 2.24. The lowest BCUT2D eigenvalue weighted by Gasteiger charge is -2.14. The first-order valence-electron chi connectivity index (χ1n) is 11.4. The van der Waals surface area contributed by atoms with Crippen LogP contribution in [0.5, 0.6) is 0 Å². The van der Waals surface area contributed by atoms with Gasteiger partial charge in [-0.2, -0.15) is 0 Å². The van der Waals surface area contributed by atoms with Gasteiger partial charge in [0.15, 0.2) is 5.16 Å². The summed E-state index contributed by atoms with van der Waals surface area (Å²) in [5.41, 5.74) is 4.44. The summed E-state index contributed by atoms with van der Waals surface area (Å²) in [6, 6.07) is 23.1. The van der Waals surface area contributed by atoms with Crippen molar-refractivity contribution in [2.75, 3.05) is 5.75 Å². The molecule has 2 aromatic heterocycles. The molecule has 5 aromatic rings. The van der Waals surface area contributed by atoms with Crippen LogP contribution in [0.4, 0.5) is 0 Å². The van der Waals surface area contributed by atoms with Crippen LogP contribution in [-0.4, -0.2) is 30.8 Å². The van der Waals surface area contributed by atoms with Crippen LogP contribution in [0.15, 0.2) is 82.7 Å². The first kappa shape index (κ1) is 22.9. The molecule has 0 aliphatic rings. The number of fused-ring (bicyclic) bond motifs is 3. The van der Waals surface area contributed by atoms with Crippen LogP contribution >= 0.6 is 11.8 Å². The van der Waals surface area contributed by atoms with Gasteiger partial charge in [-0.25, -0.2) is 4.57 Å². The molecule has 0 aliphatic carbocycles. The molecule has 0 fully saturated rings. The number of para-hydroxylation sites is 1. The van der Waals surface area contributed by atoms with Gasteiger partial charge >= 0.3 is 0 Å². The topological polar surface area (TPSA) is 81.3 Å². The number of thioether (sulfide) groups is 1. The highest BCUT2D eigenvalue weighted by atomic mass is 32.2. The highest BCUT2D eigenvalue weighted by Gasteiger charge is 2.20. The third-order valence-electron chi connectivity index (χ3n) is 6.00. The zero-order chi connectivity index (χ0) is 24.5. The van der Waals surface area contributed by atoms with Gasteiger partial charge in [0.05, 0.1) is 28.4 Å². The fraction of sp³-hybridized carbons (Fsp3) is 0.185. The summed E-state index contributed by atoms with van der Waals surface area (Å²) >= 11 is 1.30. The summed E-state index contributed by atoms with van der Waals surface area (Å²) in [4.78, 5) is 26.2. The number of benzene rings is 3. The van der Waals surface area contributed by atoms with Gasteiger partial charge in [0.1, 0.15) is 0 Å². The Hall–Kier alpha value is -3.91. The lowest BCUT2D eigenvalue weighted by atomic mass is 10.1. The van der Waals surface area contributed by atoms with E-state index in [0.717, 1.165) is 22.4 Å². The molecule has 1 atom stereocenters. The van der Waals surface area contributed by atoms with Crippen molar-refractivity contribution in [2.24, 2.45) is 0 Å². The van der Waals surface area contributed by atoms with Crippen LogP contribution in [-0.2, 0) is 4.79 Å². The van der Waals surface area contributed by atoms with Crippen LogP contribution in [0.1, 0.15) is 29.7 Å². The maximum absolute atomic E-state index is 13.5. The molecule has 0 saturated carbocycles. The first-order chi connectivity index (χ1) is 16.9. The molecule has 0 radical (unpaired) electrons. The smallest absolute Gasteiger partial charge is 0.267 e. The third-order valence-corrected chi connectivity index (χ3v) is 6.93. The number of amides is 1. The predicted molar refractivity (Wildman–Crippen MR) is 139 cm³/mol. The zero-order valence-corrected chi connectivity index (χ0v) is 20.5. The van der Waals surface area contributed by atoms with E-state index in [-0.39, 0.29) is 23.3 Å². The Bertz CT molecular complexity index is 1610. The molecule has 8 heteroatoms. The molecule has 7 nitrogen and oxygen atoms in total. The van der Waals surface area contributed by atoms with Crippen molar-refractivity contribution >= 4 is 34.3 Å². The molecular weight excluding hydrogens is 458 g/mol. The van der Waals surface area contributed by atoms with Gasteiger partial charge in [0.25, 0.3) is 5.56 Å². The van der Waals surface area contributed by atoms with E-state index < -0.39 is 0 Å². The Morgan fingerprint density at radius 3 is 2.51 bits per heavy atom. The van der Waals surface area contributed by atoms with Crippen molar-refractivity contribution in [3.8, 4) is 5.69 Å². The molecule has 1 amide bonds. The minimum Gasteiger partial charge on any atom is -0.349 e. The third kappa shape index (κ3) is 4.33. The second-order valence-electron chi connectivity index (χ2n) is 8.55. The van der Waals surface area contributed by atoms with Crippen LogP contribution in [0.3, 0.4) is 0 Å². The molecule has 0 saturated heterocycles. The fourth-order valence-electron chi connectivity index (χ4n) is 4.28. The molecule has 1 N–H and O–H groups in total. The summed E-state index contributed by atoms with van der Waals surface area (Å²) in [5, 5.41) is 12.9. The predicted octanol–water partition coefficient (Wildman–Crippen LogP) is 4.62. The average Bonchev–Trinajstić information content (AvgIpc) is 3.28. The Morgan fingerprint density at radius 1 is 1.00 bits per heavy atom. The molecule has 1 unspecified atom stereocenters. The van der Waals surface area contributed by atoms with Crippen molar-refractivity contribution in [2.45, 2.75) is 32.0 Å². The maximum Gasteiger partial charge on any atom is 0.267 e. The van der Waals surface area contributed by atoms with Crippen LogP contribution in [0.25, 0.3) is 22.4 Å². The van der Waals surface area contributed by atoms with Gasteiger partial charge in [-0.15, -0.1) is 10.2 Å². The SMILES string of the molecule is Cc1ccc(-n2c(=O)c3ccccc3n3c(SCC(=O)NC(C)c4ccccc4)nnc23)c(C)c1. The Morgan fingerprint density at radius 2 is 1.74 bits per heavy atom. The quantitative estimate of drug-likeness (QED) is 0.357. The van der Waals surface area contributed by atoms with Crippen molar-refractivity contribution in [3.63, 3.8) is 0 Å². The summed E-state index contributed by atoms with van der Waals surface area (Å²) in [5.74, 6) is 0.492. The molecule has 35 heavy (non-hydrogen) atoms. The maximum atomic E-state index is 13.5. The van der Waals surface area contributed by atoms with Crippen molar-refractivity contribution in [1.82, 2.24) is 24.5 Å². The number of carbonyl (C=O) groups is 1. The van der Waals surface area contributed by atoms with Crippen LogP contribution in [0, 0.1) is 13.8 Å². The lowest BCUT2D eigenvalue weighted by Crippen LogP contribution is -2.28. The Labute approximate surface area is 206 Å². The molecule has 0 bridgehead atoms. The number of aromatic nitrogens is 4. The van der Waals surface area contributed by atoms with E-state index in [9.17, 15) is 9.59 Å². The number of hydrogen-bond donors (Lipinski definition) is 1.